The SMILES string of the molecule is Cn1c(C(=O)N2CCC2)cc2c1N(c1cnc3c(=O)n(C)[nH]c3c1)CCO2. The number of aromatic amines is 1. The summed E-state index contributed by atoms with van der Waals surface area (Å²) in [6.45, 7) is 2.76. The molecule has 140 valence electrons. The Balaban J connectivity index is 1.59. The summed E-state index contributed by atoms with van der Waals surface area (Å²) in [5, 5.41) is 3.01. The van der Waals surface area contributed by atoms with Gasteiger partial charge < -0.3 is 19.1 Å². The Kier molecular flexibility index (Phi) is 3.33. The quantitative estimate of drug-likeness (QED) is 0.728. The van der Waals surface area contributed by atoms with Gasteiger partial charge in [-0.15, -0.1) is 0 Å². The van der Waals surface area contributed by atoms with Crippen LogP contribution in [0.2, 0.25) is 0 Å². The van der Waals surface area contributed by atoms with Gasteiger partial charge in [-0.25, -0.2) is 4.98 Å². The van der Waals surface area contributed by atoms with Gasteiger partial charge in [0, 0.05) is 33.3 Å². The van der Waals surface area contributed by atoms with Crippen LogP contribution in [0, 0.1) is 0 Å². The highest BCUT2D eigenvalue weighted by Gasteiger charge is 2.31. The number of nitrogens with one attached hydrogen (secondary N) is 1. The molecule has 1 saturated heterocycles. The molecule has 0 saturated carbocycles. The number of rotatable bonds is 2. The van der Waals surface area contributed by atoms with E-state index in [1.807, 2.05) is 28.6 Å². The van der Waals surface area contributed by atoms with Crippen LogP contribution in [0.4, 0.5) is 11.5 Å². The van der Waals surface area contributed by atoms with Crippen molar-refractivity contribution in [2.45, 2.75) is 6.42 Å². The lowest BCUT2D eigenvalue weighted by molar-refractivity contribution is 0.0642. The van der Waals surface area contributed by atoms with Crippen LogP contribution in [0.1, 0.15) is 16.9 Å². The van der Waals surface area contributed by atoms with Gasteiger partial charge in [0.25, 0.3) is 11.5 Å². The smallest absolute Gasteiger partial charge is 0.292 e. The van der Waals surface area contributed by atoms with Crippen LogP contribution in [-0.2, 0) is 14.1 Å². The third kappa shape index (κ3) is 2.27. The molecule has 1 fully saturated rings. The lowest BCUT2D eigenvalue weighted by Crippen LogP contribution is -2.42. The van der Waals surface area contributed by atoms with Crippen LogP contribution in [0.25, 0.3) is 11.0 Å². The molecule has 2 aliphatic rings. The van der Waals surface area contributed by atoms with Crippen LogP contribution in [0.3, 0.4) is 0 Å². The minimum atomic E-state index is -0.152. The highest BCUT2D eigenvalue weighted by molar-refractivity contribution is 5.95. The van der Waals surface area contributed by atoms with Crippen LogP contribution < -0.4 is 15.2 Å². The van der Waals surface area contributed by atoms with Crippen molar-refractivity contribution in [2.75, 3.05) is 31.1 Å². The Labute approximate surface area is 154 Å². The van der Waals surface area contributed by atoms with E-state index < -0.39 is 0 Å². The summed E-state index contributed by atoms with van der Waals surface area (Å²) in [7, 11) is 3.55. The Morgan fingerprint density at radius 1 is 1.22 bits per heavy atom. The second-order valence-corrected chi connectivity index (χ2v) is 6.99. The van der Waals surface area contributed by atoms with Gasteiger partial charge in [-0.2, -0.15) is 0 Å². The first-order valence-corrected chi connectivity index (χ1v) is 8.98. The first-order valence-electron chi connectivity index (χ1n) is 8.98. The van der Waals surface area contributed by atoms with E-state index in [1.165, 1.54) is 4.68 Å². The van der Waals surface area contributed by atoms with Gasteiger partial charge in [0.1, 0.15) is 12.3 Å². The van der Waals surface area contributed by atoms with Crippen molar-refractivity contribution in [1.82, 2.24) is 24.2 Å². The Morgan fingerprint density at radius 2 is 2.04 bits per heavy atom. The predicted molar refractivity (Wildman–Crippen MR) is 99.8 cm³/mol. The largest absolute Gasteiger partial charge is 0.488 e. The second-order valence-electron chi connectivity index (χ2n) is 6.99. The molecular weight excluding hydrogens is 348 g/mol. The van der Waals surface area contributed by atoms with E-state index in [9.17, 15) is 9.59 Å². The molecule has 1 N–H and O–H groups in total. The number of ether oxygens (including phenoxy) is 1. The number of H-pyrrole nitrogens is 1. The first-order chi connectivity index (χ1) is 13.0. The lowest BCUT2D eigenvalue weighted by atomic mass is 10.2. The highest BCUT2D eigenvalue weighted by Crippen LogP contribution is 2.39. The van der Waals surface area contributed by atoms with Crippen LogP contribution in [0.5, 0.6) is 5.75 Å². The molecule has 9 nitrogen and oxygen atoms in total. The van der Waals surface area contributed by atoms with Gasteiger partial charge >= 0.3 is 0 Å². The van der Waals surface area contributed by atoms with E-state index in [2.05, 4.69) is 15.0 Å². The minimum Gasteiger partial charge on any atom is -0.488 e. The number of carbonyl (C=O) groups is 1. The standard InChI is InChI=1S/C18H20N6O3/c1-21-13(17(25)23-4-3-5-23)9-14-16(21)24(6-7-27-14)11-8-12-15(19-10-11)18(26)22(2)20-12/h8-10,20H,3-7H2,1-2H3. The number of anilines is 2. The minimum absolute atomic E-state index is 0.0302. The summed E-state index contributed by atoms with van der Waals surface area (Å²) in [4.78, 5) is 33.0. The van der Waals surface area contributed by atoms with Crippen LogP contribution in [-0.4, -0.2) is 56.4 Å². The van der Waals surface area contributed by atoms with E-state index in [1.54, 1.807) is 13.2 Å². The fourth-order valence-corrected chi connectivity index (χ4v) is 3.72. The molecule has 3 aromatic heterocycles. The van der Waals surface area contributed by atoms with Crippen molar-refractivity contribution < 1.29 is 9.53 Å². The van der Waals surface area contributed by atoms with E-state index in [0.717, 1.165) is 31.0 Å². The topological polar surface area (TPSA) is 88.4 Å². The summed E-state index contributed by atoms with van der Waals surface area (Å²) in [5.41, 5.74) is 2.40. The average molecular weight is 368 g/mol. The zero-order chi connectivity index (χ0) is 18.7. The van der Waals surface area contributed by atoms with Gasteiger partial charge in [0.05, 0.1) is 23.9 Å². The summed E-state index contributed by atoms with van der Waals surface area (Å²) in [6.07, 6.45) is 2.75. The van der Waals surface area contributed by atoms with E-state index in [-0.39, 0.29) is 11.5 Å². The molecule has 5 rings (SSSR count). The fraction of sp³-hybridized carbons (Fsp3) is 0.389. The maximum absolute atomic E-state index is 12.7. The summed E-state index contributed by atoms with van der Waals surface area (Å²) in [5.74, 6) is 1.54. The number of hydrogen-bond donors (Lipinski definition) is 1. The number of aromatic nitrogens is 4. The molecule has 2 aliphatic heterocycles. The molecular formula is C18H20N6O3. The van der Waals surface area contributed by atoms with Crippen molar-refractivity contribution >= 4 is 28.4 Å². The zero-order valence-corrected chi connectivity index (χ0v) is 15.2. The molecule has 9 heteroatoms. The van der Waals surface area contributed by atoms with Gasteiger partial charge in [-0.1, -0.05) is 0 Å². The maximum Gasteiger partial charge on any atom is 0.292 e. The summed E-state index contributed by atoms with van der Waals surface area (Å²) >= 11 is 0. The summed E-state index contributed by atoms with van der Waals surface area (Å²) in [6, 6.07) is 3.72. The third-order valence-electron chi connectivity index (χ3n) is 5.34. The number of fused-ring (bicyclic) bond motifs is 2. The predicted octanol–water partition coefficient (Wildman–Crippen LogP) is 0.976. The van der Waals surface area contributed by atoms with Crippen molar-refractivity contribution in [3.63, 3.8) is 0 Å². The molecule has 0 spiro atoms. The number of carbonyl (C=O) groups excluding carboxylic acids is 1. The van der Waals surface area contributed by atoms with Gasteiger partial charge in [0.2, 0.25) is 0 Å². The van der Waals surface area contributed by atoms with E-state index in [4.69, 9.17) is 4.74 Å². The Bertz CT molecular complexity index is 1120. The fourth-order valence-electron chi connectivity index (χ4n) is 3.72. The normalized spacial score (nSPS) is 16.2. The maximum atomic E-state index is 12.7. The third-order valence-corrected chi connectivity index (χ3v) is 5.34. The monoisotopic (exact) mass is 368 g/mol. The van der Waals surface area contributed by atoms with Crippen LogP contribution in [0.15, 0.2) is 23.1 Å². The Hall–Kier alpha value is -3.23. The summed E-state index contributed by atoms with van der Waals surface area (Å²) < 4.78 is 9.11. The number of hydrogen-bond acceptors (Lipinski definition) is 5. The molecule has 0 unspecified atom stereocenters. The number of likely N-dealkylation sites (tertiary alicyclic amines) is 1. The van der Waals surface area contributed by atoms with Crippen molar-refractivity contribution in [2.24, 2.45) is 14.1 Å². The Morgan fingerprint density at radius 3 is 2.78 bits per heavy atom. The van der Waals surface area contributed by atoms with Crippen molar-refractivity contribution in [3.8, 4) is 5.75 Å². The average Bonchev–Trinajstić information content (AvgIpc) is 3.10. The zero-order valence-electron chi connectivity index (χ0n) is 15.2. The number of nitrogens with zero attached hydrogens (tertiary/aromatic N) is 5. The molecule has 3 aromatic rings. The van der Waals surface area contributed by atoms with E-state index in [0.29, 0.717) is 35.6 Å². The first kappa shape index (κ1) is 16.0. The molecule has 1 amide bonds. The molecule has 0 aromatic carbocycles. The lowest BCUT2D eigenvalue weighted by Gasteiger charge is -2.32. The molecule has 27 heavy (non-hydrogen) atoms. The van der Waals surface area contributed by atoms with Crippen LogP contribution >= 0.6 is 0 Å². The van der Waals surface area contributed by atoms with Gasteiger partial charge in [-0.3, -0.25) is 19.4 Å². The molecule has 0 radical (unpaired) electrons. The van der Waals surface area contributed by atoms with E-state index >= 15 is 0 Å². The number of amides is 1. The number of pyridine rings is 1. The molecule has 0 atom stereocenters. The van der Waals surface area contributed by atoms with Crippen molar-refractivity contribution in [1.29, 1.82) is 0 Å². The molecule has 0 aliphatic carbocycles. The molecule has 0 bridgehead atoms. The molecule has 5 heterocycles. The van der Waals surface area contributed by atoms with Gasteiger partial charge in [-0.05, 0) is 12.5 Å². The van der Waals surface area contributed by atoms with Crippen molar-refractivity contribution in [3.05, 3.63) is 34.4 Å². The second kappa shape index (κ2) is 5.63. The number of aryl methyl sites for hydroxylation is 1. The van der Waals surface area contributed by atoms with Gasteiger partial charge in [0.15, 0.2) is 17.1 Å². The highest BCUT2D eigenvalue weighted by atomic mass is 16.5.